The van der Waals surface area contributed by atoms with Gasteiger partial charge >= 0.3 is 0 Å². The molecule has 0 atom stereocenters. The normalized spacial score (nSPS) is 15.5. The summed E-state index contributed by atoms with van der Waals surface area (Å²) < 4.78 is 14.1. The minimum Gasteiger partial charge on any atom is -0.262 e. The first-order chi connectivity index (χ1) is 10.8. The van der Waals surface area contributed by atoms with Crippen molar-refractivity contribution in [1.29, 1.82) is 0 Å². The zero-order valence-corrected chi connectivity index (χ0v) is 13.5. The molecule has 0 spiro atoms. The molecule has 7 heteroatoms. The van der Waals surface area contributed by atoms with Crippen LogP contribution in [-0.2, 0) is 12.8 Å². The van der Waals surface area contributed by atoms with Gasteiger partial charge in [-0.05, 0) is 30.5 Å². The maximum Gasteiger partial charge on any atom is 0.214 e. The summed E-state index contributed by atoms with van der Waals surface area (Å²) in [6, 6.07) is 0. The third-order valence-electron chi connectivity index (χ3n) is 4.13. The van der Waals surface area contributed by atoms with Crippen LogP contribution in [0, 0.1) is 11.7 Å². The Morgan fingerprint density at radius 2 is 2.14 bits per heavy atom. The lowest BCUT2D eigenvalue weighted by atomic mass is 10.0. The van der Waals surface area contributed by atoms with E-state index >= 15 is 0 Å². The SMILES string of the molecule is CCc1ncnc(Sc2n[nH]c(CCC3CCCC3)n2)c1F. The highest BCUT2D eigenvalue weighted by Crippen LogP contribution is 2.29. The number of halogens is 1. The van der Waals surface area contributed by atoms with E-state index in [9.17, 15) is 4.39 Å². The maximum absolute atomic E-state index is 14.1. The van der Waals surface area contributed by atoms with Crippen LogP contribution in [0.15, 0.2) is 16.5 Å². The zero-order chi connectivity index (χ0) is 15.4. The van der Waals surface area contributed by atoms with Crippen LogP contribution in [0.4, 0.5) is 4.39 Å². The smallest absolute Gasteiger partial charge is 0.214 e. The molecule has 3 rings (SSSR count). The second-order valence-electron chi connectivity index (χ2n) is 5.65. The summed E-state index contributed by atoms with van der Waals surface area (Å²) in [7, 11) is 0. The van der Waals surface area contributed by atoms with E-state index in [2.05, 4.69) is 25.1 Å². The largest absolute Gasteiger partial charge is 0.262 e. The summed E-state index contributed by atoms with van der Waals surface area (Å²) in [5, 5.41) is 7.90. The van der Waals surface area contributed by atoms with Gasteiger partial charge in [-0.25, -0.2) is 19.3 Å². The van der Waals surface area contributed by atoms with Gasteiger partial charge in [-0.3, -0.25) is 5.10 Å². The molecule has 0 radical (unpaired) electrons. The summed E-state index contributed by atoms with van der Waals surface area (Å²) in [5.74, 6) is 1.33. The van der Waals surface area contributed by atoms with Crippen molar-refractivity contribution in [3.63, 3.8) is 0 Å². The van der Waals surface area contributed by atoms with E-state index in [-0.39, 0.29) is 10.8 Å². The minimum atomic E-state index is -0.368. The van der Waals surface area contributed by atoms with E-state index in [0.29, 0.717) is 17.3 Å². The lowest BCUT2D eigenvalue weighted by Crippen LogP contribution is -1.98. The molecule has 5 nitrogen and oxygen atoms in total. The molecule has 2 aromatic rings. The Bertz CT molecular complexity index is 624. The highest BCUT2D eigenvalue weighted by molar-refractivity contribution is 7.99. The van der Waals surface area contributed by atoms with Gasteiger partial charge in [0, 0.05) is 6.42 Å². The molecule has 22 heavy (non-hydrogen) atoms. The quantitative estimate of drug-likeness (QED) is 0.824. The van der Waals surface area contributed by atoms with E-state index in [1.807, 2.05) is 6.92 Å². The van der Waals surface area contributed by atoms with Crippen molar-refractivity contribution < 1.29 is 4.39 Å². The molecular weight excluding hydrogens is 301 g/mol. The molecule has 0 aromatic carbocycles. The average molecular weight is 321 g/mol. The number of aromatic amines is 1. The summed E-state index contributed by atoms with van der Waals surface area (Å²) in [6.45, 7) is 1.87. The Labute approximate surface area is 133 Å². The Kier molecular flexibility index (Phi) is 5.02. The topological polar surface area (TPSA) is 67.3 Å². The maximum atomic E-state index is 14.1. The molecule has 0 aliphatic heterocycles. The van der Waals surface area contributed by atoms with E-state index in [4.69, 9.17) is 0 Å². The molecule has 1 saturated carbocycles. The molecule has 0 saturated heterocycles. The Hall–Kier alpha value is -1.50. The number of rotatable bonds is 6. The predicted octanol–water partition coefficient (Wildman–Crippen LogP) is 3.57. The molecule has 2 aromatic heterocycles. The average Bonchev–Trinajstić information content (AvgIpc) is 3.19. The standard InChI is InChI=1S/C15H20FN5S/c1-2-11-13(16)14(18-9-17-11)22-15-19-12(20-21-15)8-7-10-5-3-4-6-10/h9-10H,2-8H2,1H3,(H,19,20,21). The molecule has 1 aliphatic carbocycles. The Morgan fingerprint density at radius 1 is 1.32 bits per heavy atom. The first-order valence-electron chi connectivity index (χ1n) is 7.84. The molecule has 0 unspecified atom stereocenters. The second-order valence-corrected chi connectivity index (χ2v) is 6.60. The molecule has 2 heterocycles. The van der Waals surface area contributed by atoms with Crippen LogP contribution in [0.2, 0.25) is 0 Å². The van der Waals surface area contributed by atoms with Gasteiger partial charge in [0.05, 0.1) is 5.69 Å². The summed E-state index contributed by atoms with van der Waals surface area (Å²) in [6.07, 6.45) is 9.37. The van der Waals surface area contributed by atoms with Gasteiger partial charge in [-0.15, -0.1) is 5.10 Å². The fourth-order valence-electron chi connectivity index (χ4n) is 2.87. The molecule has 118 valence electrons. The van der Waals surface area contributed by atoms with Gasteiger partial charge in [-0.1, -0.05) is 32.6 Å². The molecule has 0 bridgehead atoms. The third-order valence-corrected chi connectivity index (χ3v) is 4.97. The number of hydrogen-bond donors (Lipinski definition) is 1. The van der Waals surface area contributed by atoms with Crippen molar-refractivity contribution in [2.45, 2.75) is 62.1 Å². The van der Waals surface area contributed by atoms with Gasteiger partial charge in [0.25, 0.3) is 0 Å². The van der Waals surface area contributed by atoms with Gasteiger partial charge in [0.2, 0.25) is 5.16 Å². The first kappa shape index (κ1) is 15.4. The molecule has 0 amide bonds. The van der Waals surface area contributed by atoms with Crippen molar-refractivity contribution in [2.24, 2.45) is 5.92 Å². The zero-order valence-electron chi connectivity index (χ0n) is 12.7. The van der Waals surface area contributed by atoms with Gasteiger partial charge in [0.15, 0.2) is 5.82 Å². The minimum absolute atomic E-state index is 0.285. The number of nitrogens with zero attached hydrogens (tertiary/aromatic N) is 4. The van der Waals surface area contributed by atoms with Crippen molar-refractivity contribution in [3.8, 4) is 0 Å². The van der Waals surface area contributed by atoms with Crippen LogP contribution < -0.4 is 0 Å². The van der Waals surface area contributed by atoms with Crippen molar-refractivity contribution in [2.75, 3.05) is 0 Å². The predicted molar refractivity (Wildman–Crippen MR) is 82.2 cm³/mol. The molecule has 1 fully saturated rings. The third kappa shape index (κ3) is 3.63. The fourth-order valence-corrected chi connectivity index (χ4v) is 3.59. The number of nitrogens with one attached hydrogen (secondary N) is 1. The van der Waals surface area contributed by atoms with E-state index in [1.165, 1.54) is 32.0 Å². The number of hydrogen-bond acceptors (Lipinski definition) is 5. The van der Waals surface area contributed by atoms with Crippen LogP contribution in [-0.4, -0.2) is 25.1 Å². The molecular formula is C15H20FN5S. The lowest BCUT2D eigenvalue weighted by molar-refractivity contribution is 0.497. The summed E-state index contributed by atoms with van der Waals surface area (Å²) in [4.78, 5) is 12.3. The van der Waals surface area contributed by atoms with Crippen LogP contribution in [0.25, 0.3) is 0 Å². The van der Waals surface area contributed by atoms with Crippen molar-refractivity contribution >= 4 is 11.8 Å². The van der Waals surface area contributed by atoms with E-state index < -0.39 is 0 Å². The lowest BCUT2D eigenvalue weighted by Gasteiger charge is -2.05. The number of H-pyrrole nitrogens is 1. The van der Waals surface area contributed by atoms with Crippen LogP contribution >= 0.6 is 11.8 Å². The molecule has 1 aliphatic rings. The van der Waals surface area contributed by atoms with Crippen molar-refractivity contribution in [1.82, 2.24) is 25.1 Å². The fraction of sp³-hybridized carbons (Fsp3) is 0.600. The van der Waals surface area contributed by atoms with Gasteiger partial charge in [0.1, 0.15) is 17.2 Å². The van der Waals surface area contributed by atoms with Gasteiger partial charge < -0.3 is 0 Å². The Morgan fingerprint density at radius 3 is 2.91 bits per heavy atom. The first-order valence-corrected chi connectivity index (χ1v) is 8.66. The Balaban J connectivity index is 1.61. The monoisotopic (exact) mass is 321 g/mol. The van der Waals surface area contributed by atoms with Crippen LogP contribution in [0.3, 0.4) is 0 Å². The highest BCUT2D eigenvalue weighted by atomic mass is 32.2. The van der Waals surface area contributed by atoms with E-state index in [0.717, 1.165) is 36.3 Å². The number of aryl methyl sites for hydroxylation is 2. The summed E-state index contributed by atoms with van der Waals surface area (Å²) >= 11 is 1.14. The van der Waals surface area contributed by atoms with Gasteiger partial charge in [-0.2, -0.15) is 0 Å². The molecule has 1 N–H and O–H groups in total. The van der Waals surface area contributed by atoms with E-state index in [1.54, 1.807) is 0 Å². The summed E-state index contributed by atoms with van der Waals surface area (Å²) in [5.41, 5.74) is 0.425. The van der Waals surface area contributed by atoms with Crippen molar-refractivity contribution in [3.05, 3.63) is 23.7 Å². The van der Waals surface area contributed by atoms with Crippen LogP contribution in [0.1, 0.15) is 50.5 Å². The number of aromatic nitrogens is 5. The van der Waals surface area contributed by atoms with Crippen LogP contribution in [0.5, 0.6) is 0 Å². The second kappa shape index (κ2) is 7.17. The highest BCUT2D eigenvalue weighted by Gasteiger charge is 2.17.